The average molecular weight is 245 g/mol. The molecule has 0 unspecified atom stereocenters. The Kier molecular flexibility index (Phi) is 4.15. The first-order valence-corrected chi connectivity index (χ1v) is 5.65. The molecule has 1 N–H and O–H groups in total. The molecule has 1 heterocycles. The van der Waals surface area contributed by atoms with Crippen molar-refractivity contribution in [3.63, 3.8) is 0 Å². The Balaban J connectivity index is 2.06. The van der Waals surface area contributed by atoms with Crippen LogP contribution in [0, 0.1) is 0 Å². The number of methoxy groups -OCH3 is 1. The lowest BCUT2D eigenvalue weighted by atomic mass is 10.2. The lowest BCUT2D eigenvalue weighted by molar-refractivity contribution is 0.257. The first kappa shape index (κ1) is 12.4. The van der Waals surface area contributed by atoms with E-state index in [2.05, 4.69) is 4.98 Å². The summed E-state index contributed by atoms with van der Waals surface area (Å²) in [4.78, 5) is 4.25. The first-order valence-electron chi connectivity index (χ1n) is 5.65. The van der Waals surface area contributed by atoms with Gasteiger partial charge < -0.3 is 14.6 Å². The van der Waals surface area contributed by atoms with Gasteiger partial charge in [0.2, 0.25) is 5.88 Å². The Bertz CT molecular complexity index is 514. The van der Waals surface area contributed by atoms with Crippen molar-refractivity contribution in [2.75, 3.05) is 7.11 Å². The minimum Gasteiger partial charge on any atom is -0.487 e. The second kappa shape index (κ2) is 6.02. The van der Waals surface area contributed by atoms with Crippen molar-refractivity contribution >= 4 is 0 Å². The van der Waals surface area contributed by atoms with E-state index in [-0.39, 0.29) is 6.61 Å². The number of aliphatic hydroxyl groups is 1. The van der Waals surface area contributed by atoms with Crippen molar-refractivity contribution in [1.82, 2.24) is 4.98 Å². The van der Waals surface area contributed by atoms with Crippen LogP contribution in [0.25, 0.3) is 0 Å². The number of aromatic nitrogens is 1. The maximum absolute atomic E-state index is 9.18. The molecular weight excluding hydrogens is 230 g/mol. The van der Waals surface area contributed by atoms with Crippen molar-refractivity contribution in [2.24, 2.45) is 0 Å². The Labute approximate surface area is 106 Å². The fraction of sp³-hybridized carbons (Fsp3) is 0.214. The first-order chi connectivity index (χ1) is 8.83. The molecule has 4 heteroatoms. The van der Waals surface area contributed by atoms with E-state index in [4.69, 9.17) is 9.47 Å². The third-order valence-electron chi connectivity index (χ3n) is 2.51. The molecule has 0 spiro atoms. The van der Waals surface area contributed by atoms with Gasteiger partial charge in [0, 0.05) is 11.6 Å². The largest absolute Gasteiger partial charge is 0.487 e. The topological polar surface area (TPSA) is 51.6 Å². The van der Waals surface area contributed by atoms with E-state index in [0.717, 1.165) is 11.3 Å². The summed E-state index contributed by atoms with van der Waals surface area (Å²) in [6.07, 6.45) is 0. The molecule has 18 heavy (non-hydrogen) atoms. The van der Waals surface area contributed by atoms with Crippen LogP contribution in [0.1, 0.15) is 11.3 Å². The summed E-state index contributed by atoms with van der Waals surface area (Å²) in [6.45, 7) is 0.302. The van der Waals surface area contributed by atoms with Crippen LogP contribution >= 0.6 is 0 Å². The Hall–Kier alpha value is -2.07. The second-order valence-corrected chi connectivity index (χ2v) is 3.73. The minimum absolute atomic E-state index is 0.0400. The zero-order valence-corrected chi connectivity index (χ0v) is 10.2. The summed E-state index contributed by atoms with van der Waals surface area (Å²) in [6, 6.07) is 12.9. The van der Waals surface area contributed by atoms with E-state index < -0.39 is 0 Å². The van der Waals surface area contributed by atoms with Gasteiger partial charge in [-0.25, -0.2) is 4.98 Å². The summed E-state index contributed by atoms with van der Waals surface area (Å²) in [5, 5.41) is 9.18. The molecule has 0 aliphatic carbocycles. The summed E-state index contributed by atoms with van der Waals surface area (Å²) < 4.78 is 10.7. The van der Waals surface area contributed by atoms with Gasteiger partial charge in [0.25, 0.3) is 0 Å². The molecule has 0 saturated heterocycles. The van der Waals surface area contributed by atoms with Gasteiger partial charge in [-0.05, 0) is 12.1 Å². The predicted molar refractivity (Wildman–Crippen MR) is 67.5 cm³/mol. The zero-order valence-electron chi connectivity index (χ0n) is 10.2. The molecule has 1 aromatic heterocycles. The maximum atomic E-state index is 9.18. The molecule has 1 aromatic carbocycles. The second-order valence-electron chi connectivity index (χ2n) is 3.73. The molecule has 0 amide bonds. The quantitative estimate of drug-likeness (QED) is 0.877. The molecule has 0 fully saturated rings. The van der Waals surface area contributed by atoms with E-state index in [1.165, 1.54) is 0 Å². The van der Waals surface area contributed by atoms with Crippen LogP contribution in [0.4, 0.5) is 0 Å². The van der Waals surface area contributed by atoms with Gasteiger partial charge in [0.1, 0.15) is 12.4 Å². The fourth-order valence-electron chi connectivity index (χ4n) is 1.58. The number of pyridine rings is 1. The highest BCUT2D eigenvalue weighted by Gasteiger charge is 2.03. The molecule has 2 aromatic rings. The highest BCUT2D eigenvalue weighted by molar-refractivity contribution is 5.32. The number of hydrogen-bond donors (Lipinski definition) is 1. The molecule has 0 atom stereocenters. The molecule has 0 aliphatic rings. The highest BCUT2D eigenvalue weighted by Crippen LogP contribution is 2.19. The zero-order chi connectivity index (χ0) is 12.8. The van der Waals surface area contributed by atoms with Crippen LogP contribution in [0.15, 0.2) is 42.5 Å². The van der Waals surface area contributed by atoms with Crippen LogP contribution in [0.2, 0.25) is 0 Å². The van der Waals surface area contributed by atoms with Gasteiger partial charge in [-0.2, -0.15) is 0 Å². The van der Waals surface area contributed by atoms with Crippen molar-refractivity contribution < 1.29 is 14.6 Å². The third-order valence-corrected chi connectivity index (χ3v) is 2.51. The van der Waals surface area contributed by atoms with E-state index in [0.29, 0.717) is 18.2 Å². The lowest BCUT2D eigenvalue weighted by Crippen LogP contribution is -2.01. The van der Waals surface area contributed by atoms with Crippen LogP contribution in [0.3, 0.4) is 0 Å². The molecule has 94 valence electrons. The van der Waals surface area contributed by atoms with Gasteiger partial charge in [0.05, 0.1) is 19.4 Å². The van der Waals surface area contributed by atoms with Crippen molar-refractivity contribution in [3.8, 4) is 11.6 Å². The van der Waals surface area contributed by atoms with Crippen LogP contribution in [-0.4, -0.2) is 17.2 Å². The molecular formula is C14H15NO3. The van der Waals surface area contributed by atoms with E-state index in [1.54, 1.807) is 13.2 Å². The number of aliphatic hydroxyl groups excluding tert-OH is 1. The smallest absolute Gasteiger partial charge is 0.213 e. The van der Waals surface area contributed by atoms with Crippen molar-refractivity contribution in [2.45, 2.75) is 13.2 Å². The molecule has 2 rings (SSSR count). The number of benzene rings is 1. The SMILES string of the molecule is COc1cccc(COc2ccccc2CO)n1. The van der Waals surface area contributed by atoms with Crippen LogP contribution in [-0.2, 0) is 13.2 Å². The number of nitrogens with zero attached hydrogens (tertiary/aromatic N) is 1. The normalized spacial score (nSPS) is 10.1. The number of rotatable bonds is 5. The summed E-state index contributed by atoms with van der Waals surface area (Å²) in [7, 11) is 1.58. The number of ether oxygens (including phenoxy) is 2. The average Bonchev–Trinajstić information content (AvgIpc) is 2.45. The van der Waals surface area contributed by atoms with E-state index in [1.807, 2.05) is 36.4 Å². The predicted octanol–water partition coefficient (Wildman–Crippen LogP) is 2.16. The van der Waals surface area contributed by atoms with Crippen LogP contribution < -0.4 is 9.47 Å². The van der Waals surface area contributed by atoms with E-state index >= 15 is 0 Å². The van der Waals surface area contributed by atoms with E-state index in [9.17, 15) is 5.11 Å². The van der Waals surface area contributed by atoms with Gasteiger partial charge >= 0.3 is 0 Å². The Morgan fingerprint density at radius 2 is 1.94 bits per heavy atom. The minimum atomic E-state index is -0.0400. The lowest BCUT2D eigenvalue weighted by Gasteiger charge is -2.09. The van der Waals surface area contributed by atoms with Crippen molar-refractivity contribution in [3.05, 3.63) is 53.7 Å². The van der Waals surface area contributed by atoms with Gasteiger partial charge in [-0.3, -0.25) is 0 Å². The van der Waals surface area contributed by atoms with Crippen molar-refractivity contribution in [1.29, 1.82) is 0 Å². The molecule has 4 nitrogen and oxygen atoms in total. The number of hydrogen-bond acceptors (Lipinski definition) is 4. The Morgan fingerprint density at radius 1 is 1.11 bits per heavy atom. The molecule has 0 radical (unpaired) electrons. The third kappa shape index (κ3) is 2.99. The molecule has 0 bridgehead atoms. The summed E-state index contributed by atoms with van der Waals surface area (Å²) in [5.41, 5.74) is 1.54. The molecule has 0 aliphatic heterocycles. The fourth-order valence-corrected chi connectivity index (χ4v) is 1.58. The monoisotopic (exact) mass is 245 g/mol. The van der Waals surface area contributed by atoms with Crippen LogP contribution in [0.5, 0.6) is 11.6 Å². The summed E-state index contributed by atoms with van der Waals surface area (Å²) in [5.74, 6) is 1.23. The van der Waals surface area contributed by atoms with Gasteiger partial charge in [-0.15, -0.1) is 0 Å². The molecule has 0 saturated carbocycles. The van der Waals surface area contributed by atoms with Gasteiger partial charge in [0.15, 0.2) is 0 Å². The standard InChI is InChI=1S/C14H15NO3/c1-17-14-8-4-6-12(15-14)10-18-13-7-3-2-5-11(13)9-16/h2-8,16H,9-10H2,1H3. The summed E-state index contributed by atoms with van der Waals surface area (Å²) >= 11 is 0. The maximum Gasteiger partial charge on any atom is 0.213 e. The van der Waals surface area contributed by atoms with Gasteiger partial charge in [-0.1, -0.05) is 24.3 Å². The highest BCUT2D eigenvalue weighted by atomic mass is 16.5. The Morgan fingerprint density at radius 3 is 2.72 bits per heavy atom. The number of para-hydroxylation sites is 1.